The molecule has 1 heterocycles. The number of carbonyl (C=O) groups excluding carboxylic acids is 2. The molecule has 0 fully saturated rings. The van der Waals surface area contributed by atoms with E-state index < -0.39 is 18.5 Å². The molecule has 7 nitrogen and oxygen atoms in total. The maximum atomic E-state index is 12.1. The van der Waals surface area contributed by atoms with E-state index in [9.17, 15) is 9.59 Å². The van der Waals surface area contributed by atoms with Gasteiger partial charge in [-0.15, -0.1) is 0 Å². The predicted molar refractivity (Wildman–Crippen MR) is 96.9 cm³/mol. The molecule has 8 heteroatoms. The van der Waals surface area contributed by atoms with Gasteiger partial charge in [-0.1, -0.05) is 11.6 Å². The highest BCUT2D eigenvalue weighted by molar-refractivity contribution is 6.30. The molecule has 0 atom stereocenters. The van der Waals surface area contributed by atoms with Crippen LogP contribution in [0, 0.1) is 0 Å². The van der Waals surface area contributed by atoms with Crippen LogP contribution in [-0.2, 0) is 9.53 Å². The summed E-state index contributed by atoms with van der Waals surface area (Å²) in [5.74, 6) is 0.142. The van der Waals surface area contributed by atoms with Gasteiger partial charge in [0.05, 0.1) is 23.8 Å². The van der Waals surface area contributed by atoms with Crippen molar-refractivity contribution < 1.29 is 23.8 Å². The number of amides is 1. The van der Waals surface area contributed by atoms with Crippen molar-refractivity contribution >= 4 is 29.3 Å². The number of rotatable bonds is 8. The number of nitrogens with one attached hydrogen (secondary N) is 1. The number of benzene rings is 1. The fraction of sp³-hybridized carbons (Fsp3) is 0.278. The van der Waals surface area contributed by atoms with E-state index >= 15 is 0 Å². The molecule has 1 amide bonds. The average molecular weight is 379 g/mol. The molecule has 138 valence electrons. The van der Waals surface area contributed by atoms with Crippen LogP contribution in [0.4, 0.5) is 5.82 Å². The van der Waals surface area contributed by atoms with Crippen molar-refractivity contribution in [3.63, 3.8) is 0 Å². The Bertz CT molecular complexity index is 765. The van der Waals surface area contributed by atoms with E-state index in [0.717, 1.165) is 0 Å². The Labute approximate surface area is 156 Å². The van der Waals surface area contributed by atoms with Gasteiger partial charge in [0, 0.05) is 6.20 Å². The quantitative estimate of drug-likeness (QED) is 0.709. The minimum atomic E-state index is -0.645. The summed E-state index contributed by atoms with van der Waals surface area (Å²) in [6, 6.07) is 7.83. The van der Waals surface area contributed by atoms with E-state index in [-0.39, 0.29) is 5.56 Å². The molecule has 0 aliphatic carbocycles. The molecule has 0 radical (unpaired) electrons. The number of esters is 1. The second-order valence-corrected chi connectivity index (χ2v) is 5.45. The Morgan fingerprint density at radius 2 is 1.81 bits per heavy atom. The van der Waals surface area contributed by atoms with Gasteiger partial charge in [-0.2, -0.15) is 0 Å². The van der Waals surface area contributed by atoms with E-state index in [1.165, 1.54) is 12.3 Å². The van der Waals surface area contributed by atoms with Crippen molar-refractivity contribution in [3.8, 4) is 11.5 Å². The van der Waals surface area contributed by atoms with Crippen molar-refractivity contribution in [2.24, 2.45) is 0 Å². The lowest BCUT2D eigenvalue weighted by Gasteiger charge is -2.12. The van der Waals surface area contributed by atoms with Gasteiger partial charge in [0.15, 0.2) is 18.1 Å². The topological polar surface area (TPSA) is 86.8 Å². The first kappa shape index (κ1) is 19.5. The maximum Gasteiger partial charge on any atom is 0.338 e. The Balaban J connectivity index is 1.95. The maximum absolute atomic E-state index is 12.1. The van der Waals surface area contributed by atoms with Crippen LogP contribution in [0.15, 0.2) is 36.5 Å². The normalized spacial score (nSPS) is 10.1. The minimum Gasteiger partial charge on any atom is -0.490 e. The third-order valence-electron chi connectivity index (χ3n) is 3.11. The highest BCUT2D eigenvalue weighted by Crippen LogP contribution is 2.28. The molecule has 1 aromatic carbocycles. The third kappa shape index (κ3) is 5.63. The zero-order chi connectivity index (χ0) is 18.9. The van der Waals surface area contributed by atoms with Crippen LogP contribution in [-0.4, -0.2) is 36.7 Å². The zero-order valence-corrected chi connectivity index (χ0v) is 15.2. The highest BCUT2D eigenvalue weighted by atomic mass is 35.5. The average Bonchev–Trinajstić information content (AvgIpc) is 2.63. The van der Waals surface area contributed by atoms with Crippen LogP contribution >= 0.6 is 11.6 Å². The summed E-state index contributed by atoms with van der Waals surface area (Å²) in [5, 5.41) is 2.96. The SMILES string of the molecule is CCOc1ccc(C(=O)OCC(=O)Nc2ccc(Cl)cn2)cc1OCC. The molecule has 1 aromatic heterocycles. The van der Waals surface area contributed by atoms with Crippen LogP contribution < -0.4 is 14.8 Å². The van der Waals surface area contributed by atoms with Gasteiger partial charge in [-0.3, -0.25) is 4.79 Å². The first-order valence-corrected chi connectivity index (χ1v) is 8.39. The summed E-state index contributed by atoms with van der Waals surface area (Å²) >= 11 is 5.72. The molecule has 0 bridgehead atoms. The molecule has 2 rings (SSSR count). The number of pyridine rings is 1. The highest BCUT2D eigenvalue weighted by Gasteiger charge is 2.14. The molecule has 26 heavy (non-hydrogen) atoms. The molecule has 2 aromatic rings. The number of hydrogen-bond donors (Lipinski definition) is 1. The minimum absolute atomic E-state index is 0.259. The summed E-state index contributed by atoms with van der Waals surface area (Å²) in [4.78, 5) is 27.9. The fourth-order valence-corrected chi connectivity index (χ4v) is 2.13. The molecule has 1 N–H and O–H groups in total. The van der Waals surface area contributed by atoms with Crippen molar-refractivity contribution in [2.75, 3.05) is 25.1 Å². The number of nitrogens with zero attached hydrogens (tertiary/aromatic N) is 1. The van der Waals surface area contributed by atoms with Crippen molar-refractivity contribution in [2.45, 2.75) is 13.8 Å². The standard InChI is InChI=1S/C18H19ClN2O5/c1-3-24-14-7-5-12(9-15(14)25-4-2)18(23)26-11-17(22)21-16-8-6-13(19)10-20-16/h5-10H,3-4,11H2,1-2H3,(H,20,21,22). The van der Waals surface area contributed by atoms with Crippen LogP contribution in [0.2, 0.25) is 5.02 Å². The number of halogens is 1. The summed E-state index contributed by atoms with van der Waals surface area (Å²) in [6.07, 6.45) is 1.40. The Morgan fingerprint density at radius 3 is 2.46 bits per heavy atom. The monoisotopic (exact) mass is 378 g/mol. The van der Waals surface area contributed by atoms with Crippen molar-refractivity contribution in [1.82, 2.24) is 4.98 Å². The second-order valence-electron chi connectivity index (χ2n) is 5.01. The third-order valence-corrected chi connectivity index (χ3v) is 3.33. The van der Waals surface area contributed by atoms with Crippen LogP contribution in [0.25, 0.3) is 0 Å². The first-order valence-electron chi connectivity index (χ1n) is 8.01. The molecule has 0 aliphatic rings. The number of hydrogen-bond acceptors (Lipinski definition) is 6. The van der Waals surface area contributed by atoms with Gasteiger partial charge in [-0.25, -0.2) is 9.78 Å². The zero-order valence-electron chi connectivity index (χ0n) is 14.5. The summed E-state index contributed by atoms with van der Waals surface area (Å²) in [5.41, 5.74) is 0.259. The first-order chi connectivity index (χ1) is 12.5. The Morgan fingerprint density at radius 1 is 1.08 bits per heavy atom. The van der Waals surface area contributed by atoms with Gasteiger partial charge in [0.2, 0.25) is 0 Å². The number of aromatic nitrogens is 1. The summed E-state index contributed by atoms with van der Waals surface area (Å²) in [6.45, 7) is 4.14. The van der Waals surface area contributed by atoms with E-state index in [1.807, 2.05) is 13.8 Å². The summed E-state index contributed by atoms with van der Waals surface area (Å²) < 4.78 is 15.9. The molecular weight excluding hydrogens is 360 g/mol. The lowest BCUT2D eigenvalue weighted by atomic mass is 10.2. The molecule has 0 unspecified atom stereocenters. The van der Waals surface area contributed by atoms with Gasteiger partial charge >= 0.3 is 5.97 Å². The second kappa shape index (κ2) is 9.62. The Kier molecular flexibility index (Phi) is 7.23. The molecular formula is C18H19ClN2O5. The molecule has 0 aliphatic heterocycles. The van der Waals surface area contributed by atoms with E-state index in [0.29, 0.717) is 35.6 Å². The van der Waals surface area contributed by atoms with E-state index in [1.54, 1.807) is 24.3 Å². The molecule has 0 spiro atoms. The van der Waals surface area contributed by atoms with Crippen LogP contribution in [0.1, 0.15) is 24.2 Å². The van der Waals surface area contributed by atoms with Crippen molar-refractivity contribution in [1.29, 1.82) is 0 Å². The van der Waals surface area contributed by atoms with E-state index in [4.69, 9.17) is 25.8 Å². The fourth-order valence-electron chi connectivity index (χ4n) is 2.02. The summed E-state index contributed by atoms with van der Waals surface area (Å²) in [7, 11) is 0. The number of ether oxygens (including phenoxy) is 3. The molecule has 0 saturated heterocycles. The largest absolute Gasteiger partial charge is 0.490 e. The predicted octanol–water partition coefficient (Wildman–Crippen LogP) is 3.33. The van der Waals surface area contributed by atoms with Crippen molar-refractivity contribution in [3.05, 3.63) is 47.1 Å². The van der Waals surface area contributed by atoms with Crippen LogP contribution in [0.5, 0.6) is 11.5 Å². The van der Waals surface area contributed by atoms with Crippen LogP contribution in [0.3, 0.4) is 0 Å². The van der Waals surface area contributed by atoms with Gasteiger partial charge in [-0.05, 0) is 44.2 Å². The smallest absolute Gasteiger partial charge is 0.338 e. The van der Waals surface area contributed by atoms with Gasteiger partial charge in [0.1, 0.15) is 5.82 Å². The Hall–Kier alpha value is -2.80. The van der Waals surface area contributed by atoms with Gasteiger partial charge < -0.3 is 19.5 Å². The number of carbonyl (C=O) groups is 2. The van der Waals surface area contributed by atoms with Gasteiger partial charge in [0.25, 0.3) is 5.91 Å². The lowest BCUT2D eigenvalue weighted by Crippen LogP contribution is -2.21. The lowest BCUT2D eigenvalue weighted by molar-refractivity contribution is -0.119. The molecule has 0 saturated carbocycles. The number of anilines is 1. The van der Waals surface area contributed by atoms with E-state index in [2.05, 4.69) is 10.3 Å².